The number of carbonyl (C=O) groups is 1. The predicted molar refractivity (Wildman–Crippen MR) is 73.8 cm³/mol. The van der Waals surface area contributed by atoms with Gasteiger partial charge in [0.1, 0.15) is 0 Å². The van der Waals surface area contributed by atoms with E-state index in [4.69, 9.17) is 0 Å². The maximum Gasteiger partial charge on any atom is 0.319 e. The molecule has 1 aliphatic heterocycles. The highest BCUT2D eigenvalue weighted by Crippen LogP contribution is 2.13. The molecular weight excluding hydrogens is 226 g/mol. The van der Waals surface area contributed by atoms with Gasteiger partial charge in [0.2, 0.25) is 0 Å². The van der Waals surface area contributed by atoms with E-state index in [0.29, 0.717) is 5.92 Å². The molecule has 1 aliphatic rings. The molecular formula is C14H21N3O. The molecule has 0 aliphatic carbocycles. The lowest BCUT2D eigenvalue weighted by molar-refractivity contribution is 0.245. The first-order valence-corrected chi connectivity index (χ1v) is 6.50. The van der Waals surface area contributed by atoms with Crippen molar-refractivity contribution in [1.82, 2.24) is 10.6 Å². The van der Waals surface area contributed by atoms with Gasteiger partial charge in [0, 0.05) is 11.7 Å². The van der Waals surface area contributed by atoms with Gasteiger partial charge in [0.15, 0.2) is 0 Å². The summed E-state index contributed by atoms with van der Waals surface area (Å²) >= 11 is 0. The summed E-state index contributed by atoms with van der Waals surface area (Å²) in [5, 5.41) is 9.16. The Morgan fingerprint density at radius 2 is 2.11 bits per heavy atom. The maximum absolute atomic E-state index is 11.8. The van der Waals surface area contributed by atoms with Crippen LogP contribution in [0.25, 0.3) is 0 Å². The maximum atomic E-state index is 11.8. The second-order valence-corrected chi connectivity index (χ2v) is 5.01. The van der Waals surface area contributed by atoms with E-state index in [1.807, 2.05) is 31.2 Å². The molecule has 18 heavy (non-hydrogen) atoms. The third-order valence-electron chi connectivity index (χ3n) is 3.47. The predicted octanol–water partition coefficient (Wildman–Crippen LogP) is 2.11. The molecule has 2 unspecified atom stereocenters. The van der Waals surface area contributed by atoms with Crippen molar-refractivity contribution in [2.45, 2.75) is 26.3 Å². The molecule has 1 fully saturated rings. The first-order valence-electron chi connectivity index (χ1n) is 6.50. The van der Waals surface area contributed by atoms with Gasteiger partial charge in [-0.25, -0.2) is 4.79 Å². The number of carbonyl (C=O) groups excluding carboxylic acids is 1. The molecule has 1 saturated heterocycles. The zero-order valence-corrected chi connectivity index (χ0v) is 11.0. The Bertz CT molecular complexity index is 396. The van der Waals surface area contributed by atoms with Gasteiger partial charge in [0.05, 0.1) is 0 Å². The van der Waals surface area contributed by atoms with Gasteiger partial charge in [-0.3, -0.25) is 0 Å². The molecule has 0 bridgehead atoms. The van der Waals surface area contributed by atoms with Gasteiger partial charge in [-0.1, -0.05) is 17.7 Å². The zero-order valence-electron chi connectivity index (χ0n) is 11.0. The average molecular weight is 247 g/mol. The van der Waals surface area contributed by atoms with Crippen LogP contribution >= 0.6 is 0 Å². The van der Waals surface area contributed by atoms with E-state index in [9.17, 15) is 4.79 Å². The van der Waals surface area contributed by atoms with Gasteiger partial charge in [-0.05, 0) is 51.4 Å². The molecule has 0 radical (unpaired) electrons. The van der Waals surface area contributed by atoms with Crippen LogP contribution in [-0.4, -0.2) is 25.2 Å². The van der Waals surface area contributed by atoms with Crippen LogP contribution in [0.1, 0.15) is 18.9 Å². The molecule has 1 aromatic rings. The SMILES string of the molecule is Cc1ccc(NC(=O)NC(C)C2CCNC2)cc1. The molecule has 2 amide bonds. The molecule has 2 atom stereocenters. The number of hydrogen-bond acceptors (Lipinski definition) is 2. The minimum atomic E-state index is -0.127. The smallest absolute Gasteiger partial charge is 0.319 e. The zero-order chi connectivity index (χ0) is 13.0. The van der Waals surface area contributed by atoms with E-state index in [2.05, 4.69) is 22.9 Å². The van der Waals surface area contributed by atoms with E-state index in [-0.39, 0.29) is 12.1 Å². The van der Waals surface area contributed by atoms with Crippen LogP contribution in [0.2, 0.25) is 0 Å². The van der Waals surface area contributed by atoms with Crippen molar-refractivity contribution < 1.29 is 4.79 Å². The van der Waals surface area contributed by atoms with Gasteiger partial charge < -0.3 is 16.0 Å². The van der Waals surface area contributed by atoms with Crippen LogP contribution in [0.5, 0.6) is 0 Å². The molecule has 1 aromatic carbocycles. The summed E-state index contributed by atoms with van der Waals surface area (Å²) < 4.78 is 0. The second kappa shape index (κ2) is 5.87. The van der Waals surface area contributed by atoms with Crippen molar-refractivity contribution >= 4 is 11.7 Å². The number of rotatable bonds is 3. The van der Waals surface area contributed by atoms with Crippen molar-refractivity contribution in [3.63, 3.8) is 0 Å². The average Bonchev–Trinajstić information content (AvgIpc) is 2.85. The van der Waals surface area contributed by atoms with Crippen LogP contribution in [-0.2, 0) is 0 Å². The van der Waals surface area contributed by atoms with E-state index in [0.717, 1.165) is 25.2 Å². The van der Waals surface area contributed by atoms with E-state index < -0.39 is 0 Å². The summed E-state index contributed by atoms with van der Waals surface area (Å²) in [4.78, 5) is 11.8. The molecule has 0 saturated carbocycles. The van der Waals surface area contributed by atoms with Crippen molar-refractivity contribution in [2.75, 3.05) is 18.4 Å². The molecule has 4 heteroatoms. The minimum Gasteiger partial charge on any atom is -0.335 e. The van der Waals surface area contributed by atoms with E-state index in [1.54, 1.807) is 0 Å². The number of benzene rings is 1. The van der Waals surface area contributed by atoms with Crippen LogP contribution in [0.15, 0.2) is 24.3 Å². The van der Waals surface area contributed by atoms with E-state index in [1.165, 1.54) is 5.56 Å². The van der Waals surface area contributed by atoms with Gasteiger partial charge in [-0.2, -0.15) is 0 Å². The topological polar surface area (TPSA) is 53.2 Å². The van der Waals surface area contributed by atoms with Gasteiger partial charge in [-0.15, -0.1) is 0 Å². The minimum absolute atomic E-state index is 0.127. The number of nitrogens with one attached hydrogen (secondary N) is 3. The summed E-state index contributed by atoms with van der Waals surface area (Å²) in [6, 6.07) is 7.87. The second-order valence-electron chi connectivity index (χ2n) is 5.01. The van der Waals surface area contributed by atoms with Crippen molar-refractivity contribution in [3.8, 4) is 0 Å². The summed E-state index contributed by atoms with van der Waals surface area (Å²) in [5.41, 5.74) is 2.02. The molecule has 0 aromatic heterocycles. The van der Waals surface area contributed by atoms with Gasteiger partial charge in [0.25, 0.3) is 0 Å². The monoisotopic (exact) mass is 247 g/mol. The standard InChI is InChI=1S/C14H21N3O/c1-10-3-5-13(6-4-10)17-14(18)16-11(2)12-7-8-15-9-12/h3-6,11-12,15H,7-9H2,1-2H3,(H2,16,17,18). The first kappa shape index (κ1) is 12.9. The summed E-state index contributed by atoms with van der Waals surface area (Å²) in [5.74, 6) is 0.536. The fourth-order valence-electron chi connectivity index (χ4n) is 2.23. The number of hydrogen-bond donors (Lipinski definition) is 3. The fourth-order valence-corrected chi connectivity index (χ4v) is 2.23. The largest absolute Gasteiger partial charge is 0.335 e. The molecule has 4 nitrogen and oxygen atoms in total. The lowest BCUT2D eigenvalue weighted by Crippen LogP contribution is -2.41. The van der Waals surface area contributed by atoms with Crippen LogP contribution < -0.4 is 16.0 Å². The van der Waals surface area contributed by atoms with Crippen LogP contribution in [0.3, 0.4) is 0 Å². The van der Waals surface area contributed by atoms with Crippen molar-refractivity contribution in [1.29, 1.82) is 0 Å². The molecule has 0 spiro atoms. The Balaban J connectivity index is 1.82. The number of urea groups is 1. The van der Waals surface area contributed by atoms with Crippen molar-refractivity contribution in [3.05, 3.63) is 29.8 Å². The molecule has 3 N–H and O–H groups in total. The highest BCUT2D eigenvalue weighted by atomic mass is 16.2. The quantitative estimate of drug-likeness (QED) is 0.766. The number of anilines is 1. The highest BCUT2D eigenvalue weighted by molar-refractivity contribution is 5.89. The fraction of sp³-hybridized carbons (Fsp3) is 0.500. The lowest BCUT2D eigenvalue weighted by Gasteiger charge is -2.20. The summed E-state index contributed by atoms with van der Waals surface area (Å²) in [6.45, 7) is 6.13. The highest BCUT2D eigenvalue weighted by Gasteiger charge is 2.22. The number of amides is 2. The summed E-state index contributed by atoms with van der Waals surface area (Å²) in [6.07, 6.45) is 1.13. The van der Waals surface area contributed by atoms with Gasteiger partial charge >= 0.3 is 6.03 Å². The Morgan fingerprint density at radius 1 is 1.39 bits per heavy atom. The van der Waals surface area contributed by atoms with Crippen LogP contribution in [0, 0.1) is 12.8 Å². The molecule has 98 valence electrons. The third kappa shape index (κ3) is 3.47. The third-order valence-corrected chi connectivity index (χ3v) is 3.47. The molecule has 2 rings (SSSR count). The Morgan fingerprint density at radius 3 is 2.72 bits per heavy atom. The Labute approximate surface area is 108 Å². The summed E-state index contributed by atoms with van der Waals surface area (Å²) in [7, 11) is 0. The Hall–Kier alpha value is -1.55. The van der Waals surface area contributed by atoms with E-state index >= 15 is 0 Å². The lowest BCUT2D eigenvalue weighted by atomic mass is 10.0. The number of aryl methyl sites for hydroxylation is 1. The van der Waals surface area contributed by atoms with Crippen molar-refractivity contribution in [2.24, 2.45) is 5.92 Å². The normalized spacial score (nSPS) is 20.4. The Kier molecular flexibility index (Phi) is 4.20. The first-order chi connectivity index (χ1) is 8.65. The molecule has 1 heterocycles. The van der Waals surface area contributed by atoms with Crippen LogP contribution in [0.4, 0.5) is 10.5 Å².